The number of likely N-dealkylation sites (tertiary alicyclic amines) is 1. The molecular formula is C28H26BrNO9. The van der Waals surface area contributed by atoms with Gasteiger partial charge in [0.15, 0.2) is 11.6 Å². The monoisotopic (exact) mass is 599 g/mol. The molecule has 4 aliphatic rings. The van der Waals surface area contributed by atoms with Gasteiger partial charge >= 0.3 is 5.97 Å². The molecule has 1 aliphatic heterocycles. The fraction of sp³-hybridized carbons (Fsp3) is 0.393. The quantitative estimate of drug-likeness (QED) is 0.274. The van der Waals surface area contributed by atoms with E-state index in [1.807, 2.05) is 6.08 Å². The second-order valence-electron chi connectivity index (χ2n) is 9.98. The first-order chi connectivity index (χ1) is 18.6. The number of phenolic OH excluding ortho intramolecular Hbond substituents is 1. The molecule has 2 amide bonds. The van der Waals surface area contributed by atoms with Crippen LogP contribution in [0, 0.1) is 17.8 Å². The van der Waals surface area contributed by atoms with Crippen molar-refractivity contribution in [3.05, 3.63) is 51.0 Å². The number of aromatic hydroxyl groups is 1. The van der Waals surface area contributed by atoms with Gasteiger partial charge in [-0.2, -0.15) is 0 Å². The zero-order valence-electron chi connectivity index (χ0n) is 21.2. The maximum absolute atomic E-state index is 13.6. The van der Waals surface area contributed by atoms with Gasteiger partial charge in [0.1, 0.15) is 17.2 Å². The number of carboxylic acid groups (broad SMARTS) is 1. The standard InChI is InChI=1S/C28H26BrNO9/c1-38-12-8-18(31)25(20(9-12)39-2)24-13-5-6-14-22(28(37)30(27(14)36)7-3-4-21(33)34)15(13)10-16-23(24)19(32)11-17(29)26(16)35/h5,8-9,11,14-15,22,24,31H,3-4,6-7,10H2,1-2H3,(H,33,34). The van der Waals surface area contributed by atoms with Gasteiger partial charge in [0.05, 0.1) is 30.5 Å². The number of aliphatic carboxylic acids is 1. The Hall–Kier alpha value is -3.73. The van der Waals surface area contributed by atoms with E-state index >= 15 is 0 Å². The summed E-state index contributed by atoms with van der Waals surface area (Å²) in [5.41, 5.74) is 1.36. The Morgan fingerprint density at radius 1 is 1.10 bits per heavy atom. The SMILES string of the molecule is COc1cc(O)c(C2C3=CCC4C(=O)N(CCCC(=O)O)C(=O)C4C3CC3=C2C(=O)C=C(Br)C3=O)c(OC)c1. The molecule has 4 unspecified atom stereocenters. The summed E-state index contributed by atoms with van der Waals surface area (Å²) < 4.78 is 10.9. The van der Waals surface area contributed by atoms with Crippen molar-refractivity contribution in [3.63, 3.8) is 0 Å². The maximum Gasteiger partial charge on any atom is 0.303 e. The number of ketones is 2. The number of methoxy groups -OCH3 is 2. The molecule has 11 heteroatoms. The van der Waals surface area contributed by atoms with Crippen molar-refractivity contribution in [3.8, 4) is 17.2 Å². The zero-order valence-corrected chi connectivity index (χ0v) is 22.8. The molecule has 1 aromatic rings. The van der Waals surface area contributed by atoms with Gasteiger partial charge in [-0.3, -0.25) is 28.9 Å². The first kappa shape index (κ1) is 26.9. The molecule has 4 atom stereocenters. The molecule has 1 fully saturated rings. The fourth-order valence-corrected chi connectivity index (χ4v) is 6.82. The summed E-state index contributed by atoms with van der Waals surface area (Å²) >= 11 is 3.18. The number of rotatable bonds is 7. The van der Waals surface area contributed by atoms with Crippen molar-refractivity contribution < 1.29 is 43.7 Å². The first-order valence-corrected chi connectivity index (χ1v) is 13.3. The van der Waals surface area contributed by atoms with Crippen molar-refractivity contribution in [2.75, 3.05) is 20.8 Å². The van der Waals surface area contributed by atoms with E-state index < -0.39 is 47.1 Å². The molecule has 39 heavy (non-hydrogen) atoms. The van der Waals surface area contributed by atoms with Crippen LogP contribution in [0.2, 0.25) is 0 Å². The number of hydrogen-bond donors (Lipinski definition) is 2. The molecule has 0 spiro atoms. The van der Waals surface area contributed by atoms with Crippen LogP contribution in [0.4, 0.5) is 0 Å². The van der Waals surface area contributed by atoms with E-state index in [-0.39, 0.29) is 70.8 Å². The number of carboxylic acids is 1. The Morgan fingerprint density at radius 3 is 2.51 bits per heavy atom. The van der Waals surface area contributed by atoms with Gasteiger partial charge in [-0.05, 0) is 41.1 Å². The number of fused-ring (bicyclic) bond motifs is 3. The van der Waals surface area contributed by atoms with Crippen LogP contribution >= 0.6 is 15.9 Å². The van der Waals surface area contributed by atoms with Gasteiger partial charge in [-0.1, -0.05) is 11.6 Å². The van der Waals surface area contributed by atoms with E-state index in [2.05, 4.69) is 15.9 Å². The molecule has 2 N–H and O–H groups in total. The van der Waals surface area contributed by atoms with E-state index in [1.165, 1.54) is 26.4 Å². The van der Waals surface area contributed by atoms with Crippen LogP contribution in [0.15, 0.2) is 45.5 Å². The Balaban J connectivity index is 1.64. The van der Waals surface area contributed by atoms with Crippen LogP contribution in [-0.4, -0.2) is 65.2 Å². The Bertz CT molecular complexity index is 1420. The summed E-state index contributed by atoms with van der Waals surface area (Å²) in [4.78, 5) is 65.7. The van der Waals surface area contributed by atoms with E-state index in [0.29, 0.717) is 11.3 Å². The van der Waals surface area contributed by atoms with E-state index in [4.69, 9.17) is 14.6 Å². The number of carbonyl (C=O) groups excluding carboxylic acids is 4. The lowest BCUT2D eigenvalue weighted by atomic mass is 9.59. The number of nitrogens with zero attached hydrogens (tertiary/aromatic N) is 1. The number of halogens is 1. The number of allylic oxidation sites excluding steroid dienone is 6. The van der Waals surface area contributed by atoms with Crippen LogP contribution in [0.5, 0.6) is 17.2 Å². The highest BCUT2D eigenvalue weighted by Crippen LogP contribution is 2.58. The van der Waals surface area contributed by atoms with Crippen LogP contribution in [-0.2, 0) is 24.0 Å². The average Bonchev–Trinajstić information content (AvgIpc) is 3.15. The minimum atomic E-state index is -1.02. The Labute approximate surface area is 232 Å². The molecule has 1 heterocycles. The summed E-state index contributed by atoms with van der Waals surface area (Å²) in [5, 5.41) is 20.1. The third-order valence-electron chi connectivity index (χ3n) is 8.03. The van der Waals surface area contributed by atoms with Crippen molar-refractivity contribution in [1.29, 1.82) is 0 Å². The summed E-state index contributed by atoms with van der Waals surface area (Å²) in [6.07, 6.45) is 3.31. The third kappa shape index (κ3) is 4.28. The zero-order chi connectivity index (χ0) is 28.2. The Kier molecular flexibility index (Phi) is 6.96. The number of benzene rings is 1. The summed E-state index contributed by atoms with van der Waals surface area (Å²) in [5.74, 6) is -5.13. The van der Waals surface area contributed by atoms with Gasteiger partial charge < -0.3 is 19.7 Å². The molecule has 3 aliphatic carbocycles. The van der Waals surface area contributed by atoms with E-state index in [1.54, 1.807) is 6.07 Å². The molecule has 5 rings (SSSR count). The minimum absolute atomic E-state index is 0.00477. The average molecular weight is 600 g/mol. The predicted molar refractivity (Wildman–Crippen MR) is 139 cm³/mol. The molecule has 0 aromatic heterocycles. The number of Topliss-reactive ketones (excluding diaryl/α,β-unsaturated/α-hetero) is 1. The minimum Gasteiger partial charge on any atom is -0.507 e. The van der Waals surface area contributed by atoms with Gasteiger partial charge in [-0.15, -0.1) is 0 Å². The predicted octanol–water partition coefficient (Wildman–Crippen LogP) is 3.04. The number of amides is 2. The number of carbonyl (C=O) groups is 5. The van der Waals surface area contributed by atoms with Crippen molar-refractivity contribution >= 4 is 45.3 Å². The lowest BCUT2D eigenvalue weighted by Gasteiger charge is -2.42. The maximum atomic E-state index is 13.6. The second-order valence-corrected chi connectivity index (χ2v) is 10.8. The molecule has 0 saturated carbocycles. The van der Waals surface area contributed by atoms with Crippen molar-refractivity contribution in [2.45, 2.75) is 31.6 Å². The molecule has 1 saturated heterocycles. The second kappa shape index (κ2) is 10.1. The largest absolute Gasteiger partial charge is 0.507 e. The topological polar surface area (TPSA) is 148 Å². The van der Waals surface area contributed by atoms with Gasteiger partial charge in [0.2, 0.25) is 11.8 Å². The number of ether oxygens (including phenoxy) is 2. The number of phenols is 1. The fourth-order valence-electron chi connectivity index (χ4n) is 6.38. The van der Waals surface area contributed by atoms with Crippen molar-refractivity contribution in [2.24, 2.45) is 17.8 Å². The molecule has 0 bridgehead atoms. The van der Waals surface area contributed by atoms with E-state index in [0.717, 1.165) is 4.90 Å². The van der Waals surface area contributed by atoms with Crippen LogP contribution in [0.1, 0.15) is 37.2 Å². The van der Waals surface area contributed by atoms with Gasteiger partial charge in [-0.25, -0.2) is 0 Å². The summed E-state index contributed by atoms with van der Waals surface area (Å²) in [6, 6.07) is 2.96. The van der Waals surface area contributed by atoms with Crippen molar-refractivity contribution in [1.82, 2.24) is 4.90 Å². The highest BCUT2D eigenvalue weighted by Gasteiger charge is 2.56. The molecule has 10 nitrogen and oxygen atoms in total. The number of imide groups is 1. The molecule has 0 radical (unpaired) electrons. The summed E-state index contributed by atoms with van der Waals surface area (Å²) in [6.45, 7) is -0.00477. The third-order valence-corrected chi connectivity index (χ3v) is 8.62. The van der Waals surface area contributed by atoms with Crippen LogP contribution in [0.3, 0.4) is 0 Å². The smallest absolute Gasteiger partial charge is 0.303 e. The van der Waals surface area contributed by atoms with Gasteiger partial charge in [0.25, 0.3) is 0 Å². The number of hydrogen-bond acceptors (Lipinski definition) is 8. The van der Waals surface area contributed by atoms with Crippen LogP contribution in [0.25, 0.3) is 0 Å². The molecule has 1 aromatic carbocycles. The van der Waals surface area contributed by atoms with Gasteiger partial charge in [0, 0.05) is 53.8 Å². The lowest BCUT2D eigenvalue weighted by molar-refractivity contribution is -0.142. The first-order valence-electron chi connectivity index (χ1n) is 12.5. The van der Waals surface area contributed by atoms with E-state index in [9.17, 15) is 29.1 Å². The molecular weight excluding hydrogens is 574 g/mol. The normalized spacial score (nSPS) is 26.1. The Morgan fingerprint density at radius 2 is 1.85 bits per heavy atom. The molecule has 204 valence electrons. The summed E-state index contributed by atoms with van der Waals surface area (Å²) in [7, 11) is 2.85. The van der Waals surface area contributed by atoms with Crippen LogP contribution < -0.4 is 9.47 Å². The lowest BCUT2D eigenvalue weighted by Crippen LogP contribution is -2.39. The highest BCUT2D eigenvalue weighted by molar-refractivity contribution is 9.12. The highest BCUT2D eigenvalue weighted by atomic mass is 79.9.